The lowest BCUT2D eigenvalue weighted by Gasteiger charge is -2.35. The number of carbonyl (C=O) groups is 1. The average molecular weight is 330 g/mol. The highest BCUT2D eigenvalue weighted by atomic mass is 16.6. The summed E-state index contributed by atoms with van der Waals surface area (Å²) in [5.74, 6) is 0.895. The van der Waals surface area contributed by atoms with Crippen LogP contribution in [0.1, 0.15) is 69.3 Å². The topological polar surface area (TPSA) is 46.5 Å². The van der Waals surface area contributed by atoms with Crippen molar-refractivity contribution in [1.29, 1.82) is 0 Å². The fourth-order valence-electron chi connectivity index (χ4n) is 3.91. The summed E-state index contributed by atoms with van der Waals surface area (Å²) in [5, 5.41) is 11.3. The van der Waals surface area contributed by atoms with Crippen LogP contribution in [0.25, 0.3) is 0 Å². The Morgan fingerprint density at radius 3 is 2.29 bits per heavy atom. The van der Waals surface area contributed by atoms with Crippen molar-refractivity contribution in [3.05, 3.63) is 35.4 Å². The van der Waals surface area contributed by atoms with Gasteiger partial charge in [0.05, 0.1) is 11.2 Å². The second-order valence-corrected chi connectivity index (χ2v) is 8.74. The molecule has 1 N–H and O–H groups in total. The van der Waals surface area contributed by atoms with Crippen molar-refractivity contribution in [2.75, 3.05) is 0 Å². The van der Waals surface area contributed by atoms with Gasteiger partial charge in [0.2, 0.25) is 0 Å². The van der Waals surface area contributed by atoms with Gasteiger partial charge in [0.15, 0.2) is 0 Å². The summed E-state index contributed by atoms with van der Waals surface area (Å²) in [6.07, 6.45) is 5.45. The number of ether oxygens (including phenoxy) is 1. The van der Waals surface area contributed by atoms with E-state index in [0.29, 0.717) is 17.4 Å². The summed E-state index contributed by atoms with van der Waals surface area (Å²) in [6.45, 7) is 7.80. The molecular formula is C21H30O3. The predicted octanol–water partition coefficient (Wildman–Crippen LogP) is 4.37. The van der Waals surface area contributed by atoms with Gasteiger partial charge in [-0.25, -0.2) is 4.79 Å². The van der Waals surface area contributed by atoms with Crippen molar-refractivity contribution < 1.29 is 14.6 Å². The maximum absolute atomic E-state index is 12.3. The molecule has 2 aliphatic rings. The van der Waals surface area contributed by atoms with E-state index in [1.807, 2.05) is 39.0 Å². The molecule has 0 spiro atoms. The molecule has 0 heterocycles. The molecule has 3 nitrogen and oxygen atoms in total. The lowest BCUT2D eigenvalue weighted by Crippen LogP contribution is -2.42. The van der Waals surface area contributed by atoms with Gasteiger partial charge < -0.3 is 9.84 Å². The van der Waals surface area contributed by atoms with E-state index in [2.05, 4.69) is 6.92 Å². The minimum atomic E-state index is -0.512. The highest BCUT2D eigenvalue weighted by Crippen LogP contribution is 2.55. The van der Waals surface area contributed by atoms with Gasteiger partial charge in [-0.1, -0.05) is 19.1 Å². The van der Waals surface area contributed by atoms with Crippen LogP contribution < -0.4 is 0 Å². The molecule has 0 amide bonds. The quantitative estimate of drug-likeness (QED) is 0.788. The summed E-state index contributed by atoms with van der Waals surface area (Å²) in [4.78, 5) is 12.3. The number of esters is 1. The Morgan fingerprint density at radius 1 is 1.21 bits per heavy atom. The highest BCUT2D eigenvalue weighted by Gasteiger charge is 2.55. The van der Waals surface area contributed by atoms with E-state index in [-0.39, 0.29) is 11.9 Å². The fourth-order valence-corrected chi connectivity index (χ4v) is 3.91. The molecule has 2 saturated carbocycles. The Morgan fingerprint density at radius 2 is 1.79 bits per heavy atom. The van der Waals surface area contributed by atoms with Crippen LogP contribution in [0, 0.1) is 17.8 Å². The second-order valence-electron chi connectivity index (χ2n) is 8.74. The zero-order valence-electron chi connectivity index (χ0n) is 15.3. The maximum Gasteiger partial charge on any atom is 0.338 e. The van der Waals surface area contributed by atoms with Crippen LogP contribution in [0.4, 0.5) is 0 Å². The maximum atomic E-state index is 12.3. The molecule has 3 heteroatoms. The summed E-state index contributed by atoms with van der Waals surface area (Å²) >= 11 is 0. The van der Waals surface area contributed by atoms with Crippen LogP contribution >= 0.6 is 0 Å². The first-order chi connectivity index (χ1) is 11.2. The van der Waals surface area contributed by atoms with E-state index in [4.69, 9.17) is 4.74 Å². The van der Waals surface area contributed by atoms with Crippen LogP contribution in [-0.4, -0.2) is 22.3 Å². The van der Waals surface area contributed by atoms with Crippen molar-refractivity contribution in [2.24, 2.45) is 17.8 Å². The number of rotatable bonds is 6. The first kappa shape index (κ1) is 17.5. The number of hydrogen-bond donors (Lipinski definition) is 1. The Kier molecular flexibility index (Phi) is 4.50. The highest BCUT2D eigenvalue weighted by molar-refractivity contribution is 5.89. The van der Waals surface area contributed by atoms with E-state index >= 15 is 0 Å². The van der Waals surface area contributed by atoms with Crippen LogP contribution in [-0.2, 0) is 11.2 Å². The van der Waals surface area contributed by atoms with Gasteiger partial charge in [0, 0.05) is 0 Å². The summed E-state index contributed by atoms with van der Waals surface area (Å²) < 4.78 is 5.46. The molecule has 2 fully saturated rings. The van der Waals surface area contributed by atoms with Gasteiger partial charge in [-0.05, 0) is 88.3 Å². The van der Waals surface area contributed by atoms with Gasteiger partial charge in [-0.2, -0.15) is 0 Å². The minimum absolute atomic E-state index is 0.214. The zero-order chi connectivity index (χ0) is 17.5. The standard InChI is InChI=1S/C21H30O3/c1-14(21(23,17-8-9-17)18-10-11-18)12-15-6-5-7-16(13-15)19(22)24-20(2,3)4/h5-7,13-14,17-18,23H,8-12H2,1-4H3/t14-/m1/s1. The van der Waals surface area contributed by atoms with Gasteiger partial charge in [-0.15, -0.1) is 0 Å². The molecule has 0 aliphatic heterocycles. The molecule has 0 radical (unpaired) electrons. The van der Waals surface area contributed by atoms with E-state index in [1.54, 1.807) is 6.07 Å². The molecule has 1 atom stereocenters. The van der Waals surface area contributed by atoms with Crippen molar-refractivity contribution in [3.8, 4) is 0 Å². The smallest absolute Gasteiger partial charge is 0.338 e. The normalized spacial score (nSPS) is 19.9. The lowest BCUT2D eigenvalue weighted by atomic mass is 9.77. The van der Waals surface area contributed by atoms with Gasteiger partial charge in [0.1, 0.15) is 5.60 Å². The number of aliphatic hydroxyl groups is 1. The number of hydrogen-bond acceptors (Lipinski definition) is 3. The molecule has 1 aromatic rings. The van der Waals surface area contributed by atoms with Crippen molar-refractivity contribution in [2.45, 2.75) is 71.0 Å². The van der Waals surface area contributed by atoms with E-state index in [0.717, 1.165) is 37.7 Å². The second kappa shape index (κ2) is 6.18. The Bertz CT molecular complexity index is 594. The van der Waals surface area contributed by atoms with Gasteiger partial charge in [-0.3, -0.25) is 0 Å². The van der Waals surface area contributed by atoms with Crippen molar-refractivity contribution in [3.63, 3.8) is 0 Å². The first-order valence-corrected chi connectivity index (χ1v) is 9.25. The first-order valence-electron chi connectivity index (χ1n) is 9.25. The molecular weight excluding hydrogens is 300 g/mol. The Hall–Kier alpha value is -1.35. The van der Waals surface area contributed by atoms with Crippen molar-refractivity contribution in [1.82, 2.24) is 0 Å². The predicted molar refractivity (Wildman–Crippen MR) is 94.9 cm³/mol. The zero-order valence-corrected chi connectivity index (χ0v) is 15.3. The summed E-state index contributed by atoms with van der Waals surface area (Å²) in [5.41, 5.74) is 0.696. The van der Waals surface area contributed by atoms with Crippen LogP contribution in [0.15, 0.2) is 24.3 Å². The third-order valence-corrected chi connectivity index (χ3v) is 5.36. The number of benzene rings is 1. The average Bonchev–Trinajstić information content (AvgIpc) is 3.38. The molecule has 0 saturated heterocycles. The molecule has 1 aromatic carbocycles. The van der Waals surface area contributed by atoms with Crippen LogP contribution in [0.5, 0.6) is 0 Å². The SMILES string of the molecule is C[C@H](Cc1cccc(C(=O)OC(C)(C)C)c1)C(O)(C1CC1)C1CC1. The van der Waals surface area contributed by atoms with Gasteiger partial charge >= 0.3 is 5.97 Å². The van der Waals surface area contributed by atoms with Gasteiger partial charge in [0.25, 0.3) is 0 Å². The monoisotopic (exact) mass is 330 g/mol. The van der Waals surface area contributed by atoms with Crippen molar-refractivity contribution >= 4 is 5.97 Å². The fraction of sp³-hybridized carbons (Fsp3) is 0.667. The molecule has 0 aromatic heterocycles. The summed E-state index contributed by atoms with van der Waals surface area (Å²) in [6, 6.07) is 7.68. The summed E-state index contributed by atoms with van der Waals surface area (Å²) in [7, 11) is 0. The molecule has 0 unspecified atom stereocenters. The molecule has 24 heavy (non-hydrogen) atoms. The Balaban J connectivity index is 1.71. The Labute approximate surface area is 145 Å². The van der Waals surface area contributed by atoms with E-state index < -0.39 is 11.2 Å². The minimum Gasteiger partial charge on any atom is -0.456 e. The third-order valence-electron chi connectivity index (χ3n) is 5.36. The van der Waals surface area contributed by atoms with E-state index in [1.165, 1.54) is 0 Å². The van der Waals surface area contributed by atoms with Crippen LogP contribution in [0.2, 0.25) is 0 Å². The van der Waals surface area contributed by atoms with E-state index in [9.17, 15) is 9.90 Å². The molecule has 3 rings (SSSR count). The lowest BCUT2D eigenvalue weighted by molar-refractivity contribution is -0.0531. The molecule has 0 bridgehead atoms. The number of carbonyl (C=O) groups excluding carboxylic acids is 1. The molecule has 2 aliphatic carbocycles. The van der Waals surface area contributed by atoms with Crippen LogP contribution in [0.3, 0.4) is 0 Å². The molecule has 132 valence electrons. The largest absolute Gasteiger partial charge is 0.456 e. The third kappa shape index (κ3) is 3.83.